The van der Waals surface area contributed by atoms with Gasteiger partial charge in [0, 0.05) is 55.1 Å². The van der Waals surface area contributed by atoms with E-state index in [0.29, 0.717) is 0 Å². The molecule has 0 fully saturated rings. The summed E-state index contributed by atoms with van der Waals surface area (Å²) in [5.74, 6) is 0. The minimum atomic E-state index is -0.591. The van der Waals surface area contributed by atoms with Gasteiger partial charge in [-0.2, -0.15) is 0 Å². The maximum Gasteiger partial charge on any atom is 0.143 e. The fourth-order valence-electron chi connectivity index (χ4n) is 11.9. The van der Waals surface area contributed by atoms with E-state index < -0.39 is 5.41 Å². The molecule has 3 nitrogen and oxygen atoms in total. The van der Waals surface area contributed by atoms with Gasteiger partial charge in [0.2, 0.25) is 0 Å². The standard InChI is InChI=1S/C64H43NO2/c1-63(2)54-25-12-9-20-47(54)48-34-32-45(39-57(48)63)65(43-30-28-40(29-31-43)46-23-15-24-51-49-21-10-13-26-58(49)66-61(46)51)44-33-36-55-53(38-44)60-56(37-35-52-50-22-11-14-27-59(50)67-62(52)60)64(55,41-16-5-3-6-17-41)42-18-7-4-8-19-42/h3-39H,1-2H3. The van der Waals surface area contributed by atoms with Crippen LogP contribution >= 0.6 is 0 Å². The topological polar surface area (TPSA) is 29.5 Å². The highest BCUT2D eigenvalue weighted by atomic mass is 16.3. The Morgan fingerprint density at radius 2 is 0.881 bits per heavy atom. The monoisotopic (exact) mass is 857 g/mol. The van der Waals surface area contributed by atoms with Crippen molar-refractivity contribution < 1.29 is 8.83 Å². The van der Waals surface area contributed by atoms with Crippen molar-refractivity contribution in [1.82, 2.24) is 0 Å². The van der Waals surface area contributed by atoms with Crippen LogP contribution in [0.2, 0.25) is 0 Å². The average molecular weight is 858 g/mol. The van der Waals surface area contributed by atoms with Gasteiger partial charge < -0.3 is 13.7 Å². The maximum absolute atomic E-state index is 6.97. The molecule has 0 atom stereocenters. The molecule has 2 aromatic heterocycles. The zero-order chi connectivity index (χ0) is 44.4. The van der Waals surface area contributed by atoms with Crippen molar-refractivity contribution in [3.05, 3.63) is 258 Å². The lowest BCUT2D eigenvalue weighted by Crippen LogP contribution is -2.28. The van der Waals surface area contributed by atoms with Crippen LogP contribution < -0.4 is 4.90 Å². The number of rotatable bonds is 6. The summed E-state index contributed by atoms with van der Waals surface area (Å²) >= 11 is 0. The molecule has 0 amide bonds. The Hall–Kier alpha value is -8.40. The number of fused-ring (bicyclic) bond motifs is 13. The second-order valence-corrected chi connectivity index (χ2v) is 18.7. The summed E-state index contributed by atoms with van der Waals surface area (Å²) in [4.78, 5) is 2.44. The Kier molecular flexibility index (Phi) is 7.95. The molecule has 0 N–H and O–H groups in total. The fraction of sp³-hybridized carbons (Fsp3) is 0.0625. The highest BCUT2D eigenvalue weighted by molar-refractivity contribution is 6.13. The average Bonchev–Trinajstić information content (AvgIpc) is 4.10. The first-order chi connectivity index (χ1) is 33.0. The van der Waals surface area contributed by atoms with E-state index in [2.05, 4.69) is 237 Å². The van der Waals surface area contributed by atoms with Gasteiger partial charge in [0.25, 0.3) is 0 Å². The molecule has 0 saturated heterocycles. The minimum absolute atomic E-state index is 0.169. The lowest BCUT2D eigenvalue weighted by Gasteiger charge is -2.34. The van der Waals surface area contributed by atoms with E-state index in [9.17, 15) is 0 Å². The Bertz CT molecular complexity index is 3910. The van der Waals surface area contributed by atoms with Crippen LogP contribution in [-0.4, -0.2) is 0 Å². The summed E-state index contributed by atoms with van der Waals surface area (Å²) < 4.78 is 13.5. The van der Waals surface area contributed by atoms with E-state index in [1.807, 2.05) is 6.07 Å². The quantitative estimate of drug-likeness (QED) is 0.167. The van der Waals surface area contributed by atoms with Gasteiger partial charge >= 0.3 is 0 Å². The van der Waals surface area contributed by atoms with Crippen LogP contribution in [0.1, 0.15) is 47.2 Å². The Balaban J connectivity index is 1.01. The summed E-state index contributed by atoms with van der Waals surface area (Å²) in [6.07, 6.45) is 0. The van der Waals surface area contributed by atoms with Gasteiger partial charge in [0.1, 0.15) is 22.3 Å². The van der Waals surface area contributed by atoms with Crippen LogP contribution in [0.5, 0.6) is 0 Å². The highest BCUT2D eigenvalue weighted by Gasteiger charge is 2.48. The number of benzene rings is 10. The molecule has 2 aliphatic rings. The molecule has 67 heavy (non-hydrogen) atoms. The first-order valence-corrected chi connectivity index (χ1v) is 23.2. The molecule has 14 rings (SSSR count). The smallest absolute Gasteiger partial charge is 0.143 e. The van der Waals surface area contributed by atoms with Crippen LogP contribution in [0.25, 0.3) is 77.3 Å². The van der Waals surface area contributed by atoms with Crippen molar-refractivity contribution in [2.24, 2.45) is 0 Å². The zero-order valence-electron chi connectivity index (χ0n) is 37.1. The predicted molar refractivity (Wildman–Crippen MR) is 276 cm³/mol. The number of hydrogen-bond acceptors (Lipinski definition) is 3. The molecular formula is C64H43NO2. The van der Waals surface area contributed by atoms with E-state index >= 15 is 0 Å². The Morgan fingerprint density at radius 1 is 0.343 bits per heavy atom. The predicted octanol–water partition coefficient (Wildman–Crippen LogP) is 17.3. The number of furan rings is 2. The molecule has 0 bridgehead atoms. The maximum atomic E-state index is 6.97. The molecule has 316 valence electrons. The van der Waals surface area contributed by atoms with E-state index in [1.165, 1.54) is 44.5 Å². The molecule has 0 unspecified atom stereocenters. The van der Waals surface area contributed by atoms with Crippen molar-refractivity contribution in [3.8, 4) is 33.4 Å². The second kappa shape index (κ2) is 14.1. The molecule has 12 aromatic rings. The number of hydrogen-bond donors (Lipinski definition) is 0. The third-order valence-corrected chi connectivity index (χ3v) is 15.0. The van der Waals surface area contributed by atoms with Crippen LogP contribution in [0.4, 0.5) is 17.1 Å². The van der Waals surface area contributed by atoms with Crippen LogP contribution in [-0.2, 0) is 10.8 Å². The summed E-state index contributed by atoms with van der Waals surface area (Å²) in [6.45, 7) is 4.72. The van der Waals surface area contributed by atoms with Crippen molar-refractivity contribution in [2.45, 2.75) is 24.7 Å². The first-order valence-electron chi connectivity index (χ1n) is 23.2. The normalized spacial score (nSPS) is 14.1. The van der Waals surface area contributed by atoms with Crippen molar-refractivity contribution in [2.75, 3.05) is 4.90 Å². The van der Waals surface area contributed by atoms with E-state index in [-0.39, 0.29) is 5.41 Å². The fourth-order valence-corrected chi connectivity index (χ4v) is 11.9. The highest BCUT2D eigenvalue weighted by Crippen LogP contribution is 2.60. The van der Waals surface area contributed by atoms with Crippen LogP contribution in [0.15, 0.2) is 233 Å². The molecule has 3 heteroatoms. The van der Waals surface area contributed by atoms with Crippen molar-refractivity contribution in [3.63, 3.8) is 0 Å². The molecule has 10 aromatic carbocycles. The summed E-state index contributed by atoms with van der Waals surface area (Å²) in [5, 5.41) is 4.50. The number of anilines is 3. The molecule has 0 saturated carbocycles. The lowest BCUT2D eigenvalue weighted by atomic mass is 9.67. The zero-order valence-corrected chi connectivity index (χ0v) is 37.1. The Morgan fingerprint density at radius 3 is 1.61 bits per heavy atom. The molecular weight excluding hydrogens is 815 g/mol. The summed E-state index contributed by atoms with van der Waals surface area (Å²) in [6, 6.07) is 81.9. The Labute approximate surface area is 388 Å². The molecule has 0 aliphatic heterocycles. The van der Waals surface area contributed by atoms with Gasteiger partial charge in [0.15, 0.2) is 0 Å². The number of para-hydroxylation sites is 3. The van der Waals surface area contributed by atoms with Crippen LogP contribution in [0, 0.1) is 0 Å². The summed E-state index contributed by atoms with van der Waals surface area (Å²) in [7, 11) is 0. The third-order valence-electron chi connectivity index (χ3n) is 15.0. The van der Waals surface area contributed by atoms with Crippen molar-refractivity contribution >= 4 is 60.9 Å². The van der Waals surface area contributed by atoms with Gasteiger partial charge in [-0.15, -0.1) is 0 Å². The summed E-state index contributed by atoms with van der Waals surface area (Å²) in [5.41, 5.74) is 20.7. The van der Waals surface area contributed by atoms with Crippen LogP contribution in [0.3, 0.4) is 0 Å². The van der Waals surface area contributed by atoms with Gasteiger partial charge in [-0.05, 0) is 104 Å². The first kappa shape index (κ1) is 37.9. The van der Waals surface area contributed by atoms with Gasteiger partial charge in [-0.25, -0.2) is 0 Å². The lowest BCUT2D eigenvalue weighted by molar-refractivity contribution is 0.660. The van der Waals surface area contributed by atoms with E-state index in [4.69, 9.17) is 8.83 Å². The second-order valence-electron chi connectivity index (χ2n) is 18.7. The molecule has 0 radical (unpaired) electrons. The number of nitrogens with zero attached hydrogens (tertiary/aromatic N) is 1. The SMILES string of the molecule is CC1(C)c2ccccc2-c2ccc(N(c3ccc(-c4cccc5c4oc4ccccc45)cc3)c3ccc4c(c3)-c3c(ccc5c3oc3ccccc35)C4(c3ccccc3)c3ccccc3)cc21. The molecule has 2 heterocycles. The van der Waals surface area contributed by atoms with Gasteiger partial charge in [-0.1, -0.05) is 190 Å². The minimum Gasteiger partial charge on any atom is -0.455 e. The van der Waals surface area contributed by atoms with E-state index in [0.717, 1.165) is 83.2 Å². The van der Waals surface area contributed by atoms with Crippen molar-refractivity contribution in [1.29, 1.82) is 0 Å². The van der Waals surface area contributed by atoms with Gasteiger partial charge in [0.05, 0.1) is 5.41 Å². The van der Waals surface area contributed by atoms with Gasteiger partial charge in [-0.3, -0.25) is 0 Å². The van der Waals surface area contributed by atoms with E-state index in [1.54, 1.807) is 0 Å². The molecule has 0 spiro atoms. The largest absolute Gasteiger partial charge is 0.455 e. The third kappa shape index (κ3) is 5.28. The molecule has 2 aliphatic carbocycles.